The zero-order chi connectivity index (χ0) is 15.6. The maximum atomic E-state index is 12.1. The lowest BCUT2D eigenvalue weighted by Gasteiger charge is -2.27. The molecule has 0 aromatic heterocycles. The van der Waals surface area contributed by atoms with Crippen LogP contribution in [0.5, 0.6) is 0 Å². The Kier molecular flexibility index (Phi) is 4.55. The molecular weight excluding hydrogens is 272 g/mol. The molecule has 21 heavy (non-hydrogen) atoms. The molecule has 2 aliphatic heterocycles. The summed E-state index contributed by atoms with van der Waals surface area (Å²) in [6, 6.07) is 0. The molecule has 2 heterocycles. The summed E-state index contributed by atoms with van der Waals surface area (Å²) in [5.74, 6) is -1.05. The van der Waals surface area contributed by atoms with E-state index in [1.165, 1.54) is 6.08 Å². The van der Waals surface area contributed by atoms with E-state index in [1.807, 2.05) is 13.8 Å². The van der Waals surface area contributed by atoms with Crippen LogP contribution in [0, 0.1) is 17.8 Å². The number of rotatable bonds is 3. The third-order valence-corrected chi connectivity index (χ3v) is 3.99. The first kappa shape index (κ1) is 15.4. The summed E-state index contributed by atoms with van der Waals surface area (Å²) < 4.78 is 0. The van der Waals surface area contributed by atoms with E-state index in [9.17, 15) is 19.2 Å². The van der Waals surface area contributed by atoms with E-state index in [-0.39, 0.29) is 60.5 Å². The van der Waals surface area contributed by atoms with Crippen LogP contribution in [0.25, 0.3) is 0 Å². The second-order valence-electron chi connectivity index (χ2n) is 6.04. The predicted octanol–water partition coefficient (Wildman–Crippen LogP) is 0.674. The first-order chi connectivity index (χ1) is 9.85. The SMILES string of the molecule is C[C@@H]1C[C@H](C)/C(=C/C(=O)CC2CC(=O)NC(=O)C2)NC1=O. The fourth-order valence-electron chi connectivity index (χ4n) is 2.85. The van der Waals surface area contributed by atoms with E-state index >= 15 is 0 Å². The summed E-state index contributed by atoms with van der Waals surface area (Å²) in [7, 11) is 0. The van der Waals surface area contributed by atoms with Crippen molar-refractivity contribution < 1.29 is 19.2 Å². The van der Waals surface area contributed by atoms with Crippen LogP contribution in [0.2, 0.25) is 0 Å². The molecule has 0 bridgehead atoms. The lowest BCUT2D eigenvalue weighted by molar-refractivity contribution is -0.135. The Bertz CT molecular complexity index is 508. The van der Waals surface area contributed by atoms with Crippen molar-refractivity contribution in [3.8, 4) is 0 Å². The highest BCUT2D eigenvalue weighted by Gasteiger charge is 2.29. The minimum absolute atomic E-state index is 0.0492. The van der Waals surface area contributed by atoms with Crippen molar-refractivity contribution in [1.82, 2.24) is 10.6 Å². The van der Waals surface area contributed by atoms with Gasteiger partial charge in [0.05, 0.1) is 0 Å². The van der Waals surface area contributed by atoms with Crippen molar-refractivity contribution >= 4 is 23.5 Å². The molecule has 0 spiro atoms. The van der Waals surface area contributed by atoms with Gasteiger partial charge in [0.15, 0.2) is 5.78 Å². The number of nitrogens with one attached hydrogen (secondary N) is 2. The molecule has 2 atom stereocenters. The van der Waals surface area contributed by atoms with Gasteiger partial charge in [0.2, 0.25) is 17.7 Å². The van der Waals surface area contributed by atoms with E-state index in [2.05, 4.69) is 10.6 Å². The van der Waals surface area contributed by atoms with Crippen LogP contribution in [0.1, 0.15) is 39.5 Å². The molecule has 114 valence electrons. The first-order valence-corrected chi connectivity index (χ1v) is 7.23. The Morgan fingerprint density at radius 3 is 2.33 bits per heavy atom. The van der Waals surface area contributed by atoms with Gasteiger partial charge in [-0.15, -0.1) is 0 Å². The number of hydrogen-bond donors (Lipinski definition) is 2. The highest BCUT2D eigenvalue weighted by Crippen LogP contribution is 2.25. The second-order valence-corrected chi connectivity index (χ2v) is 6.04. The fourth-order valence-corrected chi connectivity index (χ4v) is 2.85. The minimum Gasteiger partial charge on any atom is -0.329 e. The fraction of sp³-hybridized carbons (Fsp3) is 0.600. The molecule has 2 N–H and O–H groups in total. The van der Waals surface area contributed by atoms with Crippen molar-refractivity contribution in [3.63, 3.8) is 0 Å². The standard InChI is InChI=1S/C15H20N2O4/c1-8-3-9(2)15(21)16-12(8)7-11(18)4-10-5-13(19)17-14(20)6-10/h7-10H,3-6H2,1-2H3,(H,16,21)(H,17,19,20)/b12-7-/t8-,9+/m0/s1. The van der Waals surface area contributed by atoms with Crippen molar-refractivity contribution in [2.24, 2.45) is 17.8 Å². The number of hydrogen-bond acceptors (Lipinski definition) is 4. The molecule has 6 nitrogen and oxygen atoms in total. The van der Waals surface area contributed by atoms with Gasteiger partial charge < -0.3 is 5.32 Å². The number of carbonyl (C=O) groups excluding carboxylic acids is 4. The second kappa shape index (κ2) is 6.20. The summed E-state index contributed by atoms with van der Waals surface area (Å²) in [4.78, 5) is 46.2. The Labute approximate surface area is 123 Å². The molecule has 2 fully saturated rings. The third-order valence-electron chi connectivity index (χ3n) is 3.99. The van der Waals surface area contributed by atoms with E-state index in [1.54, 1.807) is 0 Å². The molecule has 0 aromatic carbocycles. The molecule has 0 saturated carbocycles. The molecular formula is C15H20N2O4. The van der Waals surface area contributed by atoms with Gasteiger partial charge in [-0.2, -0.15) is 0 Å². The average Bonchev–Trinajstić information content (AvgIpc) is 2.34. The van der Waals surface area contributed by atoms with E-state index in [0.717, 1.165) is 6.42 Å². The normalized spacial score (nSPS) is 29.2. The first-order valence-electron chi connectivity index (χ1n) is 7.23. The third kappa shape index (κ3) is 4.00. The van der Waals surface area contributed by atoms with Gasteiger partial charge in [0.25, 0.3) is 0 Å². The zero-order valence-corrected chi connectivity index (χ0v) is 12.3. The molecule has 3 amide bonds. The maximum absolute atomic E-state index is 12.1. The lowest BCUT2D eigenvalue weighted by Crippen LogP contribution is -2.39. The lowest BCUT2D eigenvalue weighted by atomic mass is 9.87. The van der Waals surface area contributed by atoms with E-state index < -0.39 is 0 Å². The molecule has 6 heteroatoms. The minimum atomic E-state index is -0.329. The van der Waals surface area contributed by atoms with Crippen LogP contribution in [-0.4, -0.2) is 23.5 Å². The molecule has 0 aromatic rings. The molecule has 0 radical (unpaired) electrons. The Hall–Kier alpha value is -1.98. The van der Waals surface area contributed by atoms with Gasteiger partial charge in [-0.3, -0.25) is 24.5 Å². The van der Waals surface area contributed by atoms with Gasteiger partial charge in [-0.05, 0) is 18.3 Å². The van der Waals surface area contributed by atoms with E-state index in [4.69, 9.17) is 0 Å². The summed E-state index contributed by atoms with van der Waals surface area (Å²) >= 11 is 0. The number of imide groups is 1. The quantitative estimate of drug-likeness (QED) is 0.591. The molecule has 0 unspecified atom stereocenters. The smallest absolute Gasteiger partial charge is 0.226 e. The monoisotopic (exact) mass is 292 g/mol. The van der Waals surface area contributed by atoms with Crippen molar-refractivity contribution in [1.29, 1.82) is 0 Å². The van der Waals surface area contributed by atoms with Crippen LogP contribution in [0.4, 0.5) is 0 Å². The summed E-state index contributed by atoms with van der Waals surface area (Å²) in [6.45, 7) is 3.82. The highest BCUT2D eigenvalue weighted by atomic mass is 16.2. The van der Waals surface area contributed by atoms with Crippen LogP contribution >= 0.6 is 0 Å². The topological polar surface area (TPSA) is 92.3 Å². The van der Waals surface area contributed by atoms with Crippen molar-refractivity contribution in [2.45, 2.75) is 39.5 Å². The van der Waals surface area contributed by atoms with Crippen LogP contribution in [0.15, 0.2) is 11.8 Å². The predicted molar refractivity (Wildman–Crippen MR) is 74.7 cm³/mol. The summed E-state index contributed by atoms with van der Waals surface area (Å²) in [6.07, 6.45) is 2.71. The Morgan fingerprint density at radius 1 is 1.10 bits per heavy atom. The van der Waals surface area contributed by atoms with Crippen LogP contribution in [-0.2, 0) is 19.2 Å². The van der Waals surface area contributed by atoms with Crippen molar-refractivity contribution in [2.75, 3.05) is 0 Å². The Morgan fingerprint density at radius 2 is 1.71 bits per heavy atom. The molecule has 2 aliphatic rings. The molecule has 2 saturated heterocycles. The number of carbonyl (C=O) groups is 4. The summed E-state index contributed by atoms with van der Waals surface area (Å²) in [5, 5.41) is 4.98. The average molecular weight is 292 g/mol. The largest absolute Gasteiger partial charge is 0.329 e. The van der Waals surface area contributed by atoms with Crippen molar-refractivity contribution in [3.05, 3.63) is 11.8 Å². The maximum Gasteiger partial charge on any atom is 0.226 e. The molecule has 0 aliphatic carbocycles. The van der Waals surface area contributed by atoms with Gasteiger partial charge in [0.1, 0.15) is 0 Å². The van der Waals surface area contributed by atoms with Gasteiger partial charge in [0, 0.05) is 37.0 Å². The van der Waals surface area contributed by atoms with Crippen LogP contribution < -0.4 is 10.6 Å². The van der Waals surface area contributed by atoms with E-state index in [0.29, 0.717) is 5.70 Å². The number of allylic oxidation sites excluding steroid dienone is 2. The zero-order valence-electron chi connectivity index (χ0n) is 12.3. The number of piperidine rings is 2. The highest BCUT2D eigenvalue weighted by molar-refractivity contribution is 5.99. The van der Waals surface area contributed by atoms with Gasteiger partial charge in [-0.1, -0.05) is 13.8 Å². The molecule has 2 rings (SSSR count). The van der Waals surface area contributed by atoms with Gasteiger partial charge in [-0.25, -0.2) is 0 Å². The van der Waals surface area contributed by atoms with Gasteiger partial charge >= 0.3 is 0 Å². The number of ketones is 1. The number of amides is 3. The Balaban J connectivity index is 1.97. The van der Waals surface area contributed by atoms with Crippen LogP contribution in [0.3, 0.4) is 0 Å². The summed E-state index contributed by atoms with van der Waals surface area (Å²) in [5.41, 5.74) is 0.634.